The van der Waals surface area contributed by atoms with Gasteiger partial charge in [0.15, 0.2) is 0 Å². The summed E-state index contributed by atoms with van der Waals surface area (Å²) in [5, 5.41) is 1.34. The molecule has 0 saturated carbocycles. The molecule has 0 radical (unpaired) electrons. The van der Waals surface area contributed by atoms with Crippen LogP contribution in [0.15, 0.2) is 18.2 Å². The van der Waals surface area contributed by atoms with Crippen molar-refractivity contribution in [2.45, 2.75) is 37.3 Å². The number of anilines is 1. The summed E-state index contributed by atoms with van der Waals surface area (Å²) in [6, 6.07) is 4.52. The summed E-state index contributed by atoms with van der Waals surface area (Å²) in [4.78, 5) is 14.0. The molecule has 0 unspecified atom stereocenters. The standard InChI is InChI=1S/C21H18ClF6N5O2/c22-10-1-2-14-13(7-10)12-3-4-33(15(16(12)29-14)8-11-9-34-5-6-35-11)19-31-17(20(23,24)25)30-18(32-19)21(26,27)28/h1-2,7,11,15,29H,3-6,8-9H2/t11-,15+/m1/s1. The number of rotatable bonds is 3. The second-order valence-corrected chi connectivity index (χ2v) is 8.68. The van der Waals surface area contributed by atoms with E-state index < -0.39 is 42.1 Å². The van der Waals surface area contributed by atoms with E-state index in [0.717, 1.165) is 16.5 Å². The van der Waals surface area contributed by atoms with E-state index in [9.17, 15) is 26.3 Å². The Kier molecular flexibility index (Phi) is 6.04. The molecule has 3 aromatic rings. The van der Waals surface area contributed by atoms with E-state index in [4.69, 9.17) is 21.1 Å². The predicted octanol–water partition coefficient (Wildman–Crippen LogP) is 4.95. The fourth-order valence-corrected chi connectivity index (χ4v) is 4.66. The van der Waals surface area contributed by atoms with Crippen molar-refractivity contribution in [3.05, 3.63) is 46.1 Å². The molecule has 2 aliphatic heterocycles. The Morgan fingerprint density at radius 3 is 2.37 bits per heavy atom. The van der Waals surface area contributed by atoms with Crippen molar-refractivity contribution < 1.29 is 35.8 Å². The molecule has 35 heavy (non-hydrogen) atoms. The molecule has 2 aromatic heterocycles. The SMILES string of the molecule is FC(F)(F)c1nc(N2CCc3c([nH]c4ccc(Cl)cc34)[C@@H]2C[C@@H]2COCCO2)nc(C(F)(F)F)n1. The topological polar surface area (TPSA) is 76.2 Å². The molecule has 4 heterocycles. The van der Waals surface area contributed by atoms with Crippen LogP contribution in [0.1, 0.15) is 35.4 Å². The van der Waals surface area contributed by atoms with Crippen molar-refractivity contribution >= 4 is 28.5 Å². The third-order valence-electron chi connectivity index (χ3n) is 5.97. The van der Waals surface area contributed by atoms with Gasteiger partial charge in [0.2, 0.25) is 17.6 Å². The minimum absolute atomic E-state index is 0.0727. The van der Waals surface area contributed by atoms with Crippen LogP contribution in [-0.2, 0) is 28.2 Å². The number of hydrogen-bond donors (Lipinski definition) is 1. The molecule has 1 N–H and O–H groups in total. The monoisotopic (exact) mass is 521 g/mol. The van der Waals surface area contributed by atoms with Crippen LogP contribution in [0.3, 0.4) is 0 Å². The quantitative estimate of drug-likeness (QED) is 0.491. The summed E-state index contributed by atoms with van der Waals surface area (Å²) < 4.78 is 91.5. The Hall–Kier alpha value is -2.64. The molecule has 1 fully saturated rings. The second-order valence-electron chi connectivity index (χ2n) is 8.25. The van der Waals surface area contributed by atoms with Crippen LogP contribution in [-0.4, -0.2) is 52.4 Å². The lowest BCUT2D eigenvalue weighted by Crippen LogP contribution is -2.41. The largest absolute Gasteiger partial charge is 0.451 e. The van der Waals surface area contributed by atoms with Gasteiger partial charge in [-0.1, -0.05) is 11.6 Å². The average Bonchev–Trinajstić information content (AvgIpc) is 3.17. The third kappa shape index (κ3) is 4.76. The molecule has 2 atom stereocenters. The van der Waals surface area contributed by atoms with Gasteiger partial charge in [0.1, 0.15) is 0 Å². The maximum absolute atomic E-state index is 13.4. The number of benzene rings is 1. The van der Waals surface area contributed by atoms with Crippen molar-refractivity contribution in [1.29, 1.82) is 0 Å². The minimum Gasteiger partial charge on any atom is -0.376 e. The van der Waals surface area contributed by atoms with E-state index >= 15 is 0 Å². The van der Waals surface area contributed by atoms with E-state index in [1.165, 1.54) is 4.90 Å². The maximum Gasteiger partial charge on any atom is 0.451 e. The van der Waals surface area contributed by atoms with Gasteiger partial charge in [-0.15, -0.1) is 0 Å². The Morgan fingerprint density at radius 1 is 1.03 bits per heavy atom. The van der Waals surface area contributed by atoms with Gasteiger partial charge >= 0.3 is 12.4 Å². The van der Waals surface area contributed by atoms with Gasteiger partial charge in [0, 0.05) is 34.6 Å². The highest BCUT2D eigenvalue weighted by Gasteiger charge is 2.43. The molecular weight excluding hydrogens is 504 g/mol. The zero-order chi connectivity index (χ0) is 25.0. The molecule has 2 aliphatic rings. The molecule has 0 aliphatic carbocycles. The number of alkyl halides is 6. The number of nitrogens with one attached hydrogen (secondary N) is 1. The number of ether oxygens (including phenoxy) is 2. The first-order chi connectivity index (χ1) is 16.5. The molecule has 1 aromatic carbocycles. The van der Waals surface area contributed by atoms with Crippen LogP contribution in [0.5, 0.6) is 0 Å². The average molecular weight is 522 g/mol. The number of aromatic amines is 1. The number of fused-ring (bicyclic) bond motifs is 3. The van der Waals surface area contributed by atoms with E-state index in [-0.39, 0.29) is 19.6 Å². The molecule has 14 heteroatoms. The lowest BCUT2D eigenvalue weighted by atomic mass is 9.93. The van der Waals surface area contributed by atoms with Crippen LogP contribution >= 0.6 is 11.6 Å². The first-order valence-electron chi connectivity index (χ1n) is 10.7. The molecule has 5 rings (SSSR count). The zero-order valence-corrected chi connectivity index (χ0v) is 18.6. The zero-order valence-electron chi connectivity index (χ0n) is 17.9. The molecular formula is C21H18ClF6N5O2. The highest BCUT2D eigenvalue weighted by Crippen LogP contribution is 2.41. The Balaban J connectivity index is 1.63. The van der Waals surface area contributed by atoms with Gasteiger partial charge < -0.3 is 19.4 Å². The van der Waals surface area contributed by atoms with E-state index in [0.29, 0.717) is 30.4 Å². The predicted molar refractivity (Wildman–Crippen MR) is 112 cm³/mol. The van der Waals surface area contributed by atoms with Gasteiger partial charge in [0.25, 0.3) is 0 Å². The third-order valence-corrected chi connectivity index (χ3v) is 6.21. The van der Waals surface area contributed by atoms with Crippen LogP contribution in [0.25, 0.3) is 10.9 Å². The van der Waals surface area contributed by atoms with E-state index in [1.807, 2.05) is 0 Å². The molecule has 0 bridgehead atoms. The maximum atomic E-state index is 13.4. The van der Waals surface area contributed by atoms with Crippen LogP contribution < -0.4 is 4.90 Å². The smallest absolute Gasteiger partial charge is 0.376 e. The second kappa shape index (κ2) is 8.79. The first-order valence-corrected chi connectivity index (χ1v) is 11.0. The van der Waals surface area contributed by atoms with Crippen molar-refractivity contribution in [2.75, 3.05) is 31.3 Å². The van der Waals surface area contributed by atoms with Crippen LogP contribution in [0.2, 0.25) is 5.02 Å². The van der Waals surface area contributed by atoms with Crippen LogP contribution in [0.4, 0.5) is 32.3 Å². The highest BCUT2D eigenvalue weighted by molar-refractivity contribution is 6.31. The summed E-state index contributed by atoms with van der Waals surface area (Å²) in [7, 11) is 0. The summed E-state index contributed by atoms with van der Waals surface area (Å²) in [6.07, 6.45) is -10.3. The molecule has 0 spiro atoms. The molecule has 188 valence electrons. The number of nitrogens with zero attached hydrogens (tertiary/aromatic N) is 4. The fourth-order valence-electron chi connectivity index (χ4n) is 4.49. The van der Waals surface area contributed by atoms with Gasteiger partial charge in [-0.3, -0.25) is 0 Å². The van der Waals surface area contributed by atoms with Crippen molar-refractivity contribution in [1.82, 2.24) is 19.9 Å². The van der Waals surface area contributed by atoms with Gasteiger partial charge in [-0.05, 0) is 30.2 Å². The number of halogens is 7. The van der Waals surface area contributed by atoms with Crippen LogP contribution in [0, 0.1) is 0 Å². The number of H-pyrrole nitrogens is 1. The molecule has 0 amide bonds. The fraction of sp³-hybridized carbons (Fsp3) is 0.476. The Bertz CT molecular complexity index is 1210. The summed E-state index contributed by atoms with van der Waals surface area (Å²) >= 11 is 6.15. The summed E-state index contributed by atoms with van der Waals surface area (Å²) in [6.45, 7) is 1.04. The summed E-state index contributed by atoms with van der Waals surface area (Å²) in [5.41, 5.74) is 2.25. The Labute approximate surface area is 199 Å². The van der Waals surface area contributed by atoms with Crippen molar-refractivity contribution in [3.63, 3.8) is 0 Å². The van der Waals surface area contributed by atoms with Crippen molar-refractivity contribution in [3.8, 4) is 0 Å². The lowest BCUT2D eigenvalue weighted by molar-refractivity contribution is -0.155. The molecule has 7 nitrogen and oxygen atoms in total. The highest BCUT2D eigenvalue weighted by atomic mass is 35.5. The number of aromatic nitrogens is 4. The van der Waals surface area contributed by atoms with E-state index in [1.54, 1.807) is 18.2 Å². The first kappa shape index (κ1) is 24.1. The normalized spacial score (nSPS) is 21.4. The van der Waals surface area contributed by atoms with Gasteiger partial charge in [-0.25, -0.2) is 4.98 Å². The van der Waals surface area contributed by atoms with Crippen molar-refractivity contribution in [2.24, 2.45) is 0 Å². The number of hydrogen-bond acceptors (Lipinski definition) is 6. The molecule has 1 saturated heterocycles. The minimum atomic E-state index is -5.19. The van der Waals surface area contributed by atoms with Gasteiger partial charge in [0.05, 0.1) is 32.0 Å². The Morgan fingerprint density at radius 2 is 1.74 bits per heavy atom. The van der Waals surface area contributed by atoms with Gasteiger partial charge in [-0.2, -0.15) is 36.3 Å². The lowest BCUT2D eigenvalue weighted by Gasteiger charge is -2.38. The summed E-state index contributed by atoms with van der Waals surface area (Å²) in [5.74, 6) is -4.51. The van der Waals surface area contributed by atoms with E-state index in [2.05, 4.69) is 19.9 Å².